The van der Waals surface area contributed by atoms with Crippen LogP contribution in [-0.2, 0) is 20.8 Å². The van der Waals surface area contributed by atoms with Crippen molar-refractivity contribution in [1.82, 2.24) is 4.90 Å². The summed E-state index contributed by atoms with van der Waals surface area (Å²) in [6, 6.07) is 11.2. The minimum absolute atomic E-state index is 0.0125. The number of benzene rings is 2. The van der Waals surface area contributed by atoms with Crippen LogP contribution in [0.4, 0.5) is 17.1 Å². The zero-order valence-corrected chi connectivity index (χ0v) is 18.3. The first-order valence-corrected chi connectivity index (χ1v) is 10.8. The summed E-state index contributed by atoms with van der Waals surface area (Å²) in [5, 5.41) is 6.23. The average molecular weight is 441 g/mol. The molecular weight excluding hydrogens is 416 g/mol. The van der Waals surface area contributed by atoms with Gasteiger partial charge in [-0.1, -0.05) is 11.6 Å². The SMILES string of the molecule is Cc1cc(N2CCN(C(=O)C(=O)Nc3ccc4c(c3)CCC(=O)N4)C[C@H]2C)ccc1Cl. The van der Waals surface area contributed by atoms with E-state index in [9.17, 15) is 14.4 Å². The Morgan fingerprint density at radius 2 is 1.94 bits per heavy atom. The van der Waals surface area contributed by atoms with Crippen LogP contribution in [0, 0.1) is 6.92 Å². The summed E-state index contributed by atoms with van der Waals surface area (Å²) in [7, 11) is 0. The van der Waals surface area contributed by atoms with E-state index in [4.69, 9.17) is 11.6 Å². The monoisotopic (exact) mass is 440 g/mol. The van der Waals surface area contributed by atoms with E-state index in [1.165, 1.54) is 0 Å². The molecular formula is C23H25ClN4O3. The summed E-state index contributed by atoms with van der Waals surface area (Å²) in [4.78, 5) is 40.6. The molecule has 2 N–H and O–H groups in total. The number of carbonyl (C=O) groups is 3. The lowest BCUT2D eigenvalue weighted by Crippen LogP contribution is -2.55. The van der Waals surface area contributed by atoms with E-state index in [0.717, 1.165) is 27.5 Å². The second kappa shape index (κ2) is 8.59. The molecule has 2 heterocycles. The first-order chi connectivity index (χ1) is 14.8. The first-order valence-electron chi connectivity index (χ1n) is 10.4. The van der Waals surface area contributed by atoms with Crippen molar-refractivity contribution in [3.05, 3.63) is 52.5 Å². The third kappa shape index (κ3) is 4.51. The van der Waals surface area contributed by atoms with Gasteiger partial charge in [-0.3, -0.25) is 14.4 Å². The van der Waals surface area contributed by atoms with Crippen molar-refractivity contribution in [2.75, 3.05) is 35.2 Å². The molecule has 4 rings (SSSR count). The zero-order valence-electron chi connectivity index (χ0n) is 17.6. The molecule has 0 bridgehead atoms. The Kier molecular flexibility index (Phi) is 5.87. The van der Waals surface area contributed by atoms with Gasteiger partial charge in [0.2, 0.25) is 5.91 Å². The Bertz CT molecular complexity index is 1060. The van der Waals surface area contributed by atoms with Crippen LogP contribution in [0.5, 0.6) is 0 Å². The summed E-state index contributed by atoms with van der Waals surface area (Å²) >= 11 is 6.13. The second-order valence-corrected chi connectivity index (χ2v) is 8.51. The number of nitrogens with zero attached hydrogens (tertiary/aromatic N) is 2. The van der Waals surface area contributed by atoms with Gasteiger partial charge in [0.1, 0.15) is 0 Å². The van der Waals surface area contributed by atoms with Crippen LogP contribution >= 0.6 is 11.6 Å². The quantitative estimate of drug-likeness (QED) is 0.702. The van der Waals surface area contributed by atoms with Crippen molar-refractivity contribution in [3.63, 3.8) is 0 Å². The van der Waals surface area contributed by atoms with Crippen LogP contribution in [0.1, 0.15) is 24.5 Å². The minimum Gasteiger partial charge on any atom is -0.365 e. The molecule has 0 unspecified atom stereocenters. The lowest BCUT2D eigenvalue weighted by atomic mass is 10.0. The van der Waals surface area contributed by atoms with Gasteiger partial charge in [0, 0.05) is 54.2 Å². The predicted octanol–water partition coefficient (Wildman–Crippen LogP) is 3.21. The van der Waals surface area contributed by atoms with Gasteiger partial charge in [0.15, 0.2) is 0 Å². The van der Waals surface area contributed by atoms with E-state index in [1.807, 2.05) is 38.1 Å². The van der Waals surface area contributed by atoms with Crippen LogP contribution in [0.15, 0.2) is 36.4 Å². The molecule has 2 aromatic carbocycles. The highest BCUT2D eigenvalue weighted by atomic mass is 35.5. The fourth-order valence-electron chi connectivity index (χ4n) is 4.12. The zero-order chi connectivity index (χ0) is 22.1. The molecule has 0 spiro atoms. The van der Waals surface area contributed by atoms with Gasteiger partial charge >= 0.3 is 11.8 Å². The smallest absolute Gasteiger partial charge is 0.313 e. The van der Waals surface area contributed by atoms with Crippen molar-refractivity contribution < 1.29 is 14.4 Å². The molecule has 0 aromatic heterocycles. The van der Waals surface area contributed by atoms with Crippen molar-refractivity contribution in [2.24, 2.45) is 0 Å². The van der Waals surface area contributed by atoms with Crippen molar-refractivity contribution in [3.8, 4) is 0 Å². The number of halogens is 1. The molecule has 0 aliphatic carbocycles. The molecule has 0 radical (unpaired) electrons. The summed E-state index contributed by atoms with van der Waals surface area (Å²) in [6.45, 7) is 5.58. The third-order valence-electron chi connectivity index (χ3n) is 5.84. The standard InChI is InChI=1S/C23H25ClN4O3/c1-14-11-18(5-6-19(14)24)28-10-9-27(13-15(28)2)23(31)22(30)25-17-4-7-20-16(12-17)3-8-21(29)26-20/h4-7,11-12,15H,3,8-10,13H2,1-2H3,(H,25,30)(H,26,29)/t15-/m1/s1. The van der Waals surface area contributed by atoms with E-state index in [0.29, 0.717) is 38.2 Å². The molecule has 7 nitrogen and oxygen atoms in total. The maximum atomic E-state index is 12.7. The largest absolute Gasteiger partial charge is 0.365 e. The van der Waals surface area contributed by atoms with Crippen LogP contribution in [0.2, 0.25) is 5.02 Å². The summed E-state index contributed by atoms with van der Waals surface area (Å²) in [6.07, 6.45) is 1.03. The third-order valence-corrected chi connectivity index (χ3v) is 6.26. The van der Waals surface area contributed by atoms with Gasteiger partial charge in [-0.05, 0) is 67.8 Å². The van der Waals surface area contributed by atoms with E-state index in [1.54, 1.807) is 17.0 Å². The average Bonchev–Trinajstić information content (AvgIpc) is 2.75. The van der Waals surface area contributed by atoms with Gasteiger partial charge in [-0.2, -0.15) is 0 Å². The van der Waals surface area contributed by atoms with E-state index < -0.39 is 11.8 Å². The maximum absolute atomic E-state index is 12.7. The summed E-state index contributed by atoms with van der Waals surface area (Å²) in [5.74, 6) is -1.20. The predicted molar refractivity (Wildman–Crippen MR) is 122 cm³/mol. The molecule has 2 aromatic rings. The molecule has 1 atom stereocenters. The molecule has 8 heteroatoms. The number of rotatable bonds is 2. The highest BCUT2D eigenvalue weighted by Gasteiger charge is 2.30. The van der Waals surface area contributed by atoms with Crippen LogP contribution in [0.3, 0.4) is 0 Å². The Hall–Kier alpha value is -3.06. The number of nitrogens with one attached hydrogen (secondary N) is 2. The number of aryl methyl sites for hydroxylation is 2. The van der Waals surface area contributed by atoms with Gasteiger partial charge in [0.05, 0.1) is 0 Å². The van der Waals surface area contributed by atoms with Gasteiger partial charge in [0.25, 0.3) is 0 Å². The van der Waals surface area contributed by atoms with Crippen molar-refractivity contribution in [2.45, 2.75) is 32.7 Å². The van der Waals surface area contributed by atoms with Crippen molar-refractivity contribution in [1.29, 1.82) is 0 Å². The number of piperazine rings is 1. The molecule has 162 valence electrons. The van der Waals surface area contributed by atoms with Gasteiger partial charge in [-0.15, -0.1) is 0 Å². The molecule has 1 saturated heterocycles. The fourth-order valence-corrected chi connectivity index (χ4v) is 4.24. The molecule has 0 saturated carbocycles. The molecule has 2 aliphatic rings. The molecule has 3 amide bonds. The number of anilines is 3. The Labute approximate surface area is 186 Å². The maximum Gasteiger partial charge on any atom is 0.313 e. The Morgan fingerprint density at radius 1 is 1.13 bits per heavy atom. The Morgan fingerprint density at radius 3 is 2.68 bits per heavy atom. The summed E-state index contributed by atoms with van der Waals surface area (Å²) < 4.78 is 0. The van der Waals surface area contributed by atoms with Crippen molar-refractivity contribution >= 4 is 46.4 Å². The number of hydrogen-bond donors (Lipinski definition) is 2. The molecule has 1 fully saturated rings. The van der Waals surface area contributed by atoms with Crippen LogP contribution in [-0.4, -0.2) is 48.3 Å². The Balaban J connectivity index is 1.38. The number of fused-ring (bicyclic) bond motifs is 1. The summed E-state index contributed by atoms with van der Waals surface area (Å²) in [5.41, 5.74) is 4.32. The second-order valence-electron chi connectivity index (χ2n) is 8.10. The molecule has 2 aliphatic heterocycles. The first kappa shape index (κ1) is 21.2. The fraction of sp³-hybridized carbons (Fsp3) is 0.348. The van der Waals surface area contributed by atoms with E-state index in [2.05, 4.69) is 15.5 Å². The van der Waals surface area contributed by atoms with Gasteiger partial charge in [-0.25, -0.2) is 0 Å². The number of amides is 3. The highest BCUT2D eigenvalue weighted by Crippen LogP contribution is 2.27. The topological polar surface area (TPSA) is 81.8 Å². The lowest BCUT2D eigenvalue weighted by molar-refractivity contribution is -0.143. The molecule has 31 heavy (non-hydrogen) atoms. The minimum atomic E-state index is -0.650. The lowest BCUT2D eigenvalue weighted by Gasteiger charge is -2.41. The number of hydrogen-bond acceptors (Lipinski definition) is 4. The van der Waals surface area contributed by atoms with Gasteiger partial charge < -0.3 is 20.4 Å². The highest BCUT2D eigenvalue weighted by molar-refractivity contribution is 6.39. The normalized spacial score (nSPS) is 18.3. The van der Waals surface area contributed by atoms with E-state index in [-0.39, 0.29) is 11.9 Å². The van der Waals surface area contributed by atoms with Crippen LogP contribution in [0.25, 0.3) is 0 Å². The van der Waals surface area contributed by atoms with Crippen LogP contribution < -0.4 is 15.5 Å². The van der Waals surface area contributed by atoms with E-state index >= 15 is 0 Å². The number of carbonyl (C=O) groups excluding carboxylic acids is 3.